The van der Waals surface area contributed by atoms with Gasteiger partial charge in [0.1, 0.15) is 16.9 Å². The third kappa shape index (κ3) is 4.10. The zero-order valence-electron chi connectivity index (χ0n) is 16.6. The summed E-state index contributed by atoms with van der Waals surface area (Å²) in [5.74, 6) is 0.750. The molecule has 0 bridgehead atoms. The molecule has 2 amide bonds. The topological polar surface area (TPSA) is 89.3 Å². The lowest BCUT2D eigenvalue weighted by Gasteiger charge is -2.34. The largest absolute Gasteiger partial charge is 0.444 e. The number of nitrogens with one attached hydrogen (secondary N) is 1. The van der Waals surface area contributed by atoms with Crippen molar-refractivity contribution >= 4 is 28.9 Å². The maximum absolute atomic E-state index is 12.3. The van der Waals surface area contributed by atoms with Gasteiger partial charge in [0.05, 0.1) is 18.0 Å². The lowest BCUT2D eigenvalue weighted by Crippen LogP contribution is -2.42. The van der Waals surface area contributed by atoms with E-state index in [9.17, 15) is 9.59 Å². The van der Waals surface area contributed by atoms with Crippen LogP contribution in [0.4, 0.5) is 10.6 Å². The number of hydrogen-bond acceptors (Lipinski definition) is 5. The lowest BCUT2D eigenvalue weighted by molar-refractivity contribution is -0.117. The molecular weight excluding hydrogens is 358 g/mol. The summed E-state index contributed by atoms with van der Waals surface area (Å²) >= 11 is 0. The molecule has 0 spiro atoms. The summed E-state index contributed by atoms with van der Waals surface area (Å²) < 4.78 is 7.60. The van der Waals surface area contributed by atoms with Crippen LogP contribution in [0.25, 0.3) is 11.0 Å². The molecule has 2 aliphatic rings. The number of ether oxygens (including phenoxy) is 1. The van der Waals surface area contributed by atoms with Crippen molar-refractivity contribution in [3.8, 4) is 0 Å². The second-order valence-electron chi connectivity index (χ2n) is 8.67. The molecule has 1 saturated carbocycles. The fraction of sp³-hybridized carbons (Fsp3) is 0.600. The van der Waals surface area contributed by atoms with Crippen LogP contribution in [0.3, 0.4) is 0 Å². The van der Waals surface area contributed by atoms with Gasteiger partial charge in [-0.05, 0) is 46.5 Å². The summed E-state index contributed by atoms with van der Waals surface area (Å²) in [6.45, 7) is 6.93. The molecule has 0 atom stereocenters. The van der Waals surface area contributed by atoms with Gasteiger partial charge >= 0.3 is 6.09 Å². The van der Waals surface area contributed by atoms with Crippen LogP contribution in [0.2, 0.25) is 0 Å². The molecule has 28 heavy (non-hydrogen) atoms. The van der Waals surface area contributed by atoms with E-state index >= 15 is 0 Å². The number of piperidine rings is 1. The Hall–Kier alpha value is -2.64. The number of pyridine rings is 1. The highest BCUT2D eigenvalue weighted by atomic mass is 16.6. The van der Waals surface area contributed by atoms with Crippen LogP contribution in [0.5, 0.6) is 0 Å². The Morgan fingerprint density at radius 1 is 1.14 bits per heavy atom. The zero-order valence-corrected chi connectivity index (χ0v) is 16.6. The number of anilines is 1. The monoisotopic (exact) mass is 385 g/mol. The van der Waals surface area contributed by atoms with Crippen LogP contribution in [0, 0.1) is 5.92 Å². The summed E-state index contributed by atoms with van der Waals surface area (Å²) in [6, 6.07) is 2.14. The minimum Gasteiger partial charge on any atom is -0.444 e. The first-order valence-electron chi connectivity index (χ1n) is 9.91. The number of nitrogens with zero attached hydrogens (tertiary/aromatic N) is 4. The first-order valence-corrected chi connectivity index (χ1v) is 9.91. The SMILES string of the molecule is CC(C)(C)OC(=O)N1CCC(n2cnc3cnc(NC(=O)C4CC4)cc32)CC1. The van der Waals surface area contributed by atoms with E-state index in [1.54, 1.807) is 11.1 Å². The van der Waals surface area contributed by atoms with Gasteiger partial charge in [-0.1, -0.05) is 0 Å². The Kier molecular flexibility index (Phi) is 4.72. The quantitative estimate of drug-likeness (QED) is 0.875. The van der Waals surface area contributed by atoms with E-state index in [0.717, 1.165) is 36.7 Å². The molecular formula is C20H27N5O3. The number of fused-ring (bicyclic) bond motifs is 1. The van der Waals surface area contributed by atoms with Crippen LogP contribution < -0.4 is 5.32 Å². The Bertz CT molecular complexity index is 889. The van der Waals surface area contributed by atoms with E-state index in [0.29, 0.717) is 18.9 Å². The van der Waals surface area contributed by atoms with Crippen LogP contribution in [0.1, 0.15) is 52.5 Å². The van der Waals surface area contributed by atoms with Crippen LogP contribution >= 0.6 is 0 Å². The average Bonchev–Trinajstić information content (AvgIpc) is 3.41. The molecule has 2 aromatic heterocycles. The molecule has 150 valence electrons. The number of hydrogen-bond donors (Lipinski definition) is 1. The number of amides is 2. The highest BCUT2D eigenvalue weighted by Gasteiger charge is 2.30. The summed E-state index contributed by atoms with van der Waals surface area (Å²) in [6.07, 6.45) is 6.85. The lowest BCUT2D eigenvalue weighted by atomic mass is 10.0. The van der Waals surface area contributed by atoms with Crippen LogP contribution in [0.15, 0.2) is 18.6 Å². The van der Waals surface area contributed by atoms with E-state index in [-0.39, 0.29) is 24.0 Å². The van der Waals surface area contributed by atoms with Crippen LogP contribution in [-0.4, -0.2) is 50.1 Å². The van der Waals surface area contributed by atoms with E-state index in [1.807, 2.05) is 33.2 Å². The molecule has 0 unspecified atom stereocenters. The van der Waals surface area contributed by atoms with Crippen molar-refractivity contribution in [1.29, 1.82) is 0 Å². The number of likely N-dealkylation sites (tertiary alicyclic amines) is 1. The summed E-state index contributed by atoms with van der Waals surface area (Å²) in [7, 11) is 0. The van der Waals surface area contributed by atoms with Gasteiger partial charge in [-0.15, -0.1) is 0 Å². The highest BCUT2D eigenvalue weighted by molar-refractivity contribution is 5.94. The molecule has 0 radical (unpaired) electrons. The molecule has 1 aliphatic carbocycles. The molecule has 1 N–H and O–H groups in total. The van der Waals surface area contributed by atoms with Gasteiger partial charge in [0.15, 0.2) is 0 Å². The zero-order chi connectivity index (χ0) is 19.9. The Labute approximate surface area is 164 Å². The molecule has 3 heterocycles. The molecule has 0 aromatic carbocycles. The number of imidazole rings is 1. The third-order valence-corrected chi connectivity index (χ3v) is 5.17. The molecule has 8 heteroatoms. The summed E-state index contributed by atoms with van der Waals surface area (Å²) in [5, 5.41) is 2.90. The Balaban J connectivity index is 1.44. The van der Waals surface area contributed by atoms with Gasteiger partial charge in [0.2, 0.25) is 5.91 Å². The predicted molar refractivity (Wildman–Crippen MR) is 105 cm³/mol. The Morgan fingerprint density at radius 3 is 2.50 bits per heavy atom. The van der Waals surface area contributed by atoms with Crippen molar-refractivity contribution in [2.45, 2.75) is 58.1 Å². The van der Waals surface area contributed by atoms with E-state index in [1.165, 1.54) is 0 Å². The number of rotatable bonds is 3. The van der Waals surface area contributed by atoms with E-state index < -0.39 is 5.60 Å². The molecule has 1 saturated heterocycles. The standard InChI is InChI=1S/C20H27N5O3/c1-20(2,3)28-19(27)24-8-6-14(7-9-24)25-12-22-15-11-21-17(10-16(15)25)23-18(26)13-4-5-13/h10-14H,4-9H2,1-3H3,(H,21,23,26). The van der Waals surface area contributed by atoms with Crippen molar-refractivity contribution in [3.63, 3.8) is 0 Å². The number of carbonyl (C=O) groups excluding carboxylic acids is 2. The number of carbonyl (C=O) groups is 2. The fourth-order valence-electron chi connectivity index (χ4n) is 3.52. The van der Waals surface area contributed by atoms with Gasteiger partial charge in [0.25, 0.3) is 0 Å². The van der Waals surface area contributed by atoms with Gasteiger partial charge in [-0.2, -0.15) is 0 Å². The summed E-state index contributed by atoms with van der Waals surface area (Å²) in [5.41, 5.74) is 1.28. The first kappa shape index (κ1) is 18.7. The number of aromatic nitrogens is 3. The molecule has 1 aliphatic heterocycles. The Morgan fingerprint density at radius 2 is 1.86 bits per heavy atom. The normalized spacial score (nSPS) is 18.3. The molecule has 4 rings (SSSR count). The van der Waals surface area contributed by atoms with Crippen LogP contribution in [-0.2, 0) is 9.53 Å². The maximum Gasteiger partial charge on any atom is 0.410 e. The first-order chi connectivity index (χ1) is 13.3. The molecule has 8 nitrogen and oxygen atoms in total. The second-order valence-corrected chi connectivity index (χ2v) is 8.67. The van der Waals surface area contributed by atoms with Crippen molar-refractivity contribution in [1.82, 2.24) is 19.4 Å². The van der Waals surface area contributed by atoms with Crippen molar-refractivity contribution in [2.24, 2.45) is 5.92 Å². The van der Waals surface area contributed by atoms with Crippen molar-refractivity contribution < 1.29 is 14.3 Å². The smallest absolute Gasteiger partial charge is 0.410 e. The highest BCUT2D eigenvalue weighted by Crippen LogP contribution is 2.31. The third-order valence-electron chi connectivity index (χ3n) is 5.17. The fourth-order valence-corrected chi connectivity index (χ4v) is 3.52. The van der Waals surface area contributed by atoms with Gasteiger partial charge < -0.3 is 19.5 Å². The van der Waals surface area contributed by atoms with E-state index in [2.05, 4.69) is 19.9 Å². The van der Waals surface area contributed by atoms with E-state index in [4.69, 9.17) is 4.74 Å². The van der Waals surface area contributed by atoms with Crippen molar-refractivity contribution in [2.75, 3.05) is 18.4 Å². The predicted octanol–water partition coefficient (Wildman–Crippen LogP) is 3.35. The average molecular weight is 385 g/mol. The van der Waals surface area contributed by atoms with Gasteiger partial charge in [0, 0.05) is 31.1 Å². The minimum atomic E-state index is -0.483. The minimum absolute atomic E-state index is 0.0450. The maximum atomic E-state index is 12.3. The van der Waals surface area contributed by atoms with Crippen molar-refractivity contribution in [3.05, 3.63) is 18.6 Å². The molecule has 2 aromatic rings. The second kappa shape index (κ2) is 7.07. The van der Waals surface area contributed by atoms with Gasteiger partial charge in [-0.25, -0.2) is 14.8 Å². The summed E-state index contributed by atoms with van der Waals surface area (Å²) in [4.78, 5) is 34.8. The van der Waals surface area contributed by atoms with Gasteiger partial charge in [-0.3, -0.25) is 4.79 Å². The molecule has 2 fully saturated rings.